The Hall–Kier alpha value is -1.79. The summed E-state index contributed by atoms with van der Waals surface area (Å²) in [5.74, 6) is -0.00859. The fourth-order valence-corrected chi connectivity index (χ4v) is 3.17. The Bertz CT molecular complexity index is 573. The third kappa shape index (κ3) is 3.86. The maximum atomic E-state index is 12.1. The number of carbonyl (C=O) groups excluding carboxylic acids is 1. The molecule has 0 radical (unpaired) electrons. The first-order valence-electron chi connectivity index (χ1n) is 7.12. The van der Waals surface area contributed by atoms with Crippen LogP contribution in [0.15, 0.2) is 36.2 Å². The van der Waals surface area contributed by atoms with E-state index >= 15 is 0 Å². The van der Waals surface area contributed by atoms with Gasteiger partial charge in [-0.2, -0.15) is 0 Å². The quantitative estimate of drug-likeness (QED) is 0.937. The minimum atomic E-state index is -0.00859. The SMILES string of the molecule is O=C(N[C@H]1CCCN(Cc2cccnc2)C1)c1cncs1. The van der Waals surface area contributed by atoms with Crippen LogP contribution in [-0.2, 0) is 6.54 Å². The molecule has 0 saturated carbocycles. The van der Waals surface area contributed by atoms with Crippen LogP contribution in [0.25, 0.3) is 0 Å². The number of hydrogen-bond donors (Lipinski definition) is 1. The lowest BCUT2D eigenvalue weighted by atomic mass is 10.0. The summed E-state index contributed by atoms with van der Waals surface area (Å²) in [6, 6.07) is 4.26. The molecule has 0 aliphatic carbocycles. The van der Waals surface area contributed by atoms with E-state index in [2.05, 4.69) is 26.3 Å². The molecule has 3 rings (SSSR count). The van der Waals surface area contributed by atoms with Gasteiger partial charge in [-0.3, -0.25) is 19.7 Å². The molecule has 1 aliphatic heterocycles. The van der Waals surface area contributed by atoms with Crippen molar-refractivity contribution in [1.82, 2.24) is 20.2 Å². The molecule has 0 aromatic carbocycles. The summed E-state index contributed by atoms with van der Waals surface area (Å²) in [5.41, 5.74) is 2.90. The highest BCUT2D eigenvalue weighted by Crippen LogP contribution is 2.14. The molecule has 1 amide bonds. The van der Waals surface area contributed by atoms with Crippen LogP contribution < -0.4 is 5.32 Å². The van der Waals surface area contributed by atoms with Crippen LogP contribution in [0, 0.1) is 0 Å². The van der Waals surface area contributed by atoms with E-state index in [1.54, 1.807) is 17.9 Å². The zero-order chi connectivity index (χ0) is 14.5. The summed E-state index contributed by atoms with van der Waals surface area (Å²) in [6.45, 7) is 2.85. The molecule has 2 aromatic rings. The smallest absolute Gasteiger partial charge is 0.263 e. The lowest BCUT2D eigenvalue weighted by molar-refractivity contribution is 0.0904. The Kier molecular flexibility index (Phi) is 4.57. The van der Waals surface area contributed by atoms with Crippen molar-refractivity contribution in [2.75, 3.05) is 13.1 Å². The van der Waals surface area contributed by atoms with Gasteiger partial charge in [0.05, 0.1) is 11.7 Å². The first kappa shape index (κ1) is 14.2. The van der Waals surface area contributed by atoms with Crippen LogP contribution in [0.1, 0.15) is 28.1 Å². The van der Waals surface area contributed by atoms with Crippen LogP contribution in [0.5, 0.6) is 0 Å². The van der Waals surface area contributed by atoms with Crippen LogP contribution >= 0.6 is 11.3 Å². The Morgan fingerprint density at radius 1 is 1.43 bits per heavy atom. The summed E-state index contributed by atoms with van der Waals surface area (Å²) < 4.78 is 0. The lowest BCUT2D eigenvalue weighted by Crippen LogP contribution is -2.47. The number of carbonyl (C=O) groups is 1. The van der Waals surface area contributed by atoms with Crippen molar-refractivity contribution < 1.29 is 4.79 Å². The number of amides is 1. The van der Waals surface area contributed by atoms with Gasteiger partial charge in [-0.25, -0.2) is 0 Å². The Labute approximate surface area is 128 Å². The van der Waals surface area contributed by atoms with Gasteiger partial charge < -0.3 is 5.32 Å². The summed E-state index contributed by atoms with van der Waals surface area (Å²) in [5, 5.41) is 3.11. The van der Waals surface area contributed by atoms with Gasteiger partial charge in [0.2, 0.25) is 0 Å². The van der Waals surface area contributed by atoms with E-state index in [-0.39, 0.29) is 11.9 Å². The van der Waals surface area contributed by atoms with E-state index in [1.807, 2.05) is 12.3 Å². The molecule has 6 heteroatoms. The molecule has 1 fully saturated rings. The average Bonchev–Trinajstić information content (AvgIpc) is 3.03. The molecule has 21 heavy (non-hydrogen) atoms. The minimum Gasteiger partial charge on any atom is -0.347 e. The highest BCUT2D eigenvalue weighted by molar-refractivity contribution is 7.11. The summed E-state index contributed by atoms with van der Waals surface area (Å²) in [7, 11) is 0. The van der Waals surface area contributed by atoms with Crippen LogP contribution in [-0.4, -0.2) is 39.9 Å². The first-order chi connectivity index (χ1) is 10.3. The number of thiazole rings is 1. The number of nitrogens with zero attached hydrogens (tertiary/aromatic N) is 3. The van der Waals surface area contributed by atoms with Gasteiger partial charge in [0.25, 0.3) is 5.91 Å². The third-order valence-electron chi connectivity index (χ3n) is 3.63. The summed E-state index contributed by atoms with van der Waals surface area (Å²) in [6.07, 6.45) is 7.45. The van der Waals surface area contributed by atoms with Crippen LogP contribution in [0.3, 0.4) is 0 Å². The van der Waals surface area contributed by atoms with E-state index in [9.17, 15) is 4.79 Å². The molecular weight excluding hydrogens is 284 g/mol. The van der Waals surface area contributed by atoms with Crippen molar-refractivity contribution in [2.24, 2.45) is 0 Å². The van der Waals surface area contributed by atoms with E-state index < -0.39 is 0 Å². The van der Waals surface area contributed by atoms with E-state index in [0.717, 1.165) is 32.5 Å². The van der Waals surface area contributed by atoms with E-state index in [0.29, 0.717) is 4.88 Å². The van der Waals surface area contributed by atoms with Crippen molar-refractivity contribution in [3.63, 3.8) is 0 Å². The van der Waals surface area contributed by atoms with Crippen molar-refractivity contribution in [3.05, 3.63) is 46.7 Å². The number of hydrogen-bond acceptors (Lipinski definition) is 5. The summed E-state index contributed by atoms with van der Waals surface area (Å²) in [4.78, 5) is 23.2. The van der Waals surface area contributed by atoms with Crippen molar-refractivity contribution in [2.45, 2.75) is 25.4 Å². The second-order valence-electron chi connectivity index (χ2n) is 5.27. The average molecular weight is 302 g/mol. The number of aromatic nitrogens is 2. The zero-order valence-electron chi connectivity index (χ0n) is 11.7. The predicted octanol–water partition coefficient (Wildman–Crippen LogP) is 1.93. The standard InChI is InChI=1S/C15H18N4OS/c20-15(14-8-17-11-21-14)18-13-4-2-6-19(10-13)9-12-3-1-5-16-7-12/h1,3,5,7-8,11,13H,2,4,6,9-10H2,(H,18,20)/t13-/m0/s1. The third-order valence-corrected chi connectivity index (χ3v) is 4.40. The Balaban J connectivity index is 1.55. The van der Waals surface area contributed by atoms with Crippen molar-refractivity contribution in [3.8, 4) is 0 Å². The number of rotatable bonds is 4. The Morgan fingerprint density at radius 2 is 2.38 bits per heavy atom. The molecule has 1 saturated heterocycles. The van der Waals surface area contributed by atoms with E-state index in [4.69, 9.17) is 0 Å². The van der Waals surface area contributed by atoms with Crippen LogP contribution in [0.2, 0.25) is 0 Å². The minimum absolute atomic E-state index is 0.00859. The molecule has 1 atom stereocenters. The highest BCUT2D eigenvalue weighted by atomic mass is 32.1. The molecule has 2 aromatic heterocycles. The Morgan fingerprint density at radius 3 is 3.14 bits per heavy atom. The predicted molar refractivity (Wildman–Crippen MR) is 82.1 cm³/mol. The molecular formula is C15H18N4OS. The van der Waals surface area contributed by atoms with Gasteiger partial charge >= 0.3 is 0 Å². The van der Waals surface area contributed by atoms with Gasteiger partial charge in [-0.1, -0.05) is 6.07 Å². The largest absolute Gasteiger partial charge is 0.347 e. The molecule has 0 bridgehead atoms. The summed E-state index contributed by atoms with van der Waals surface area (Å²) >= 11 is 1.38. The lowest BCUT2D eigenvalue weighted by Gasteiger charge is -2.33. The van der Waals surface area contributed by atoms with Gasteiger partial charge in [0.1, 0.15) is 4.88 Å². The molecule has 1 N–H and O–H groups in total. The molecule has 0 unspecified atom stereocenters. The second-order valence-corrected chi connectivity index (χ2v) is 6.16. The molecule has 5 nitrogen and oxygen atoms in total. The van der Waals surface area contributed by atoms with Crippen molar-refractivity contribution in [1.29, 1.82) is 0 Å². The highest BCUT2D eigenvalue weighted by Gasteiger charge is 2.22. The van der Waals surface area contributed by atoms with E-state index in [1.165, 1.54) is 16.9 Å². The normalized spacial score (nSPS) is 19.3. The number of pyridine rings is 1. The van der Waals surface area contributed by atoms with Gasteiger partial charge in [0, 0.05) is 31.5 Å². The molecule has 3 heterocycles. The first-order valence-corrected chi connectivity index (χ1v) is 8.00. The number of piperidine rings is 1. The topological polar surface area (TPSA) is 58.1 Å². The zero-order valence-corrected chi connectivity index (χ0v) is 12.6. The van der Waals surface area contributed by atoms with Crippen LogP contribution in [0.4, 0.5) is 0 Å². The maximum Gasteiger partial charge on any atom is 0.263 e. The fraction of sp³-hybridized carbons (Fsp3) is 0.400. The van der Waals surface area contributed by atoms with Gasteiger partial charge in [-0.15, -0.1) is 11.3 Å². The maximum absolute atomic E-state index is 12.1. The molecule has 110 valence electrons. The van der Waals surface area contributed by atoms with Gasteiger partial charge in [0.15, 0.2) is 0 Å². The number of nitrogens with one attached hydrogen (secondary N) is 1. The van der Waals surface area contributed by atoms with Crippen molar-refractivity contribution >= 4 is 17.2 Å². The molecule has 1 aliphatic rings. The van der Waals surface area contributed by atoms with Gasteiger partial charge in [-0.05, 0) is 31.0 Å². The number of likely N-dealkylation sites (tertiary alicyclic amines) is 1. The monoisotopic (exact) mass is 302 g/mol. The fourth-order valence-electron chi connectivity index (χ4n) is 2.65. The molecule has 0 spiro atoms. The second kappa shape index (κ2) is 6.78.